The maximum absolute atomic E-state index is 14.1. The number of hydrogen-bond donors (Lipinski definition) is 11. The number of ether oxygens (including phenoxy) is 7. The van der Waals surface area contributed by atoms with Crippen LogP contribution < -0.4 is 9.47 Å². The van der Waals surface area contributed by atoms with E-state index >= 15 is 0 Å². The Labute approximate surface area is 298 Å². The molecule has 0 aromatic heterocycles. The van der Waals surface area contributed by atoms with E-state index in [2.05, 4.69) is 0 Å². The number of fused-ring (bicyclic) bond motifs is 10. The minimum absolute atomic E-state index is 0.484. The van der Waals surface area contributed by atoms with Crippen LogP contribution in [0.4, 0.5) is 0 Å². The molecular weight excluding hydrogens is 732 g/mol. The minimum Gasteiger partial charge on any atom is -0.504 e. The zero-order valence-electron chi connectivity index (χ0n) is 27.0. The third-order valence-corrected chi connectivity index (χ3v) is 9.77. The lowest BCUT2D eigenvalue weighted by molar-refractivity contribution is -0.345. The topological polar surface area (TPSA) is 338 Å². The van der Waals surface area contributed by atoms with Crippen LogP contribution in [0, 0.1) is 0 Å². The van der Waals surface area contributed by atoms with Crippen molar-refractivity contribution in [3.05, 3.63) is 46.7 Å². The second-order valence-corrected chi connectivity index (χ2v) is 12.7. The molecule has 0 spiro atoms. The van der Waals surface area contributed by atoms with Crippen molar-refractivity contribution in [1.82, 2.24) is 0 Å². The fraction of sp³-hybridized carbons (Fsp3) is 0.303. The molecule has 1 aliphatic carbocycles. The zero-order valence-corrected chi connectivity index (χ0v) is 27.0. The number of carbonyl (C=O) groups excluding carboxylic acids is 3. The molecule has 6 bridgehead atoms. The Morgan fingerprint density at radius 2 is 1.31 bits per heavy atom. The molecule has 21 nitrogen and oxygen atoms in total. The van der Waals surface area contributed by atoms with Gasteiger partial charge in [-0.3, -0.25) is 4.79 Å². The number of methoxy groups -OCH3 is 1. The summed E-state index contributed by atoms with van der Waals surface area (Å²) in [5, 5.41) is 119. The summed E-state index contributed by atoms with van der Waals surface area (Å²) in [6.45, 7) is -0.872. The normalized spacial score (nSPS) is 29.0. The molecule has 54 heavy (non-hydrogen) atoms. The predicted octanol–water partition coefficient (Wildman–Crippen LogP) is -0.776. The molecule has 11 N–H and O–H groups in total. The third-order valence-electron chi connectivity index (χ3n) is 9.77. The summed E-state index contributed by atoms with van der Waals surface area (Å²) in [6.07, 6.45) is -7.97. The van der Waals surface area contributed by atoms with Crippen molar-refractivity contribution in [2.24, 2.45) is 0 Å². The highest BCUT2D eigenvalue weighted by Gasteiger charge is 2.70. The van der Waals surface area contributed by atoms with Crippen LogP contribution in [0.15, 0.2) is 30.0 Å². The molecule has 5 aliphatic rings. The monoisotopic (exact) mass is 758 g/mol. The van der Waals surface area contributed by atoms with Crippen molar-refractivity contribution in [2.45, 2.75) is 48.2 Å². The average molecular weight is 759 g/mol. The average Bonchev–Trinajstić information content (AvgIpc) is 3.15. The molecule has 1 fully saturated rings. The maximum Gasteiger partial charge on any atom is 0.341 e. The summed E-state index contributed by atoms with van der Waals surface area (Å²) in [5.74, 6) is -24.9. The Kier molecular flexibility index (Phi) is 7.26. The number of esters is 2. The van der Waals surface area contributed by atoms with E-state index in [4.69, 9.17) is 33.2 Å². The first-order valence-electron chi connectivity index (χ1n) is 15.6. The lowest BCUT2D eigenvalue weighted by Gasteiger charge is -2.49. The maximum atomic E-state index is 14.1. The molecular formula is C33H26O21. The summed E-state index contributed by atoms with van der Waals surface area (Å²) in [6, 6.07) is 1.96. The van der Waals surface area contributed by atoms with Gasteiger partial charge in [0.25, 0.3) is 5.79 Å². The van der Waals surface area contributed by atoms with Crippen LogP contribution in [0.3, 0.4) is 0 Å². The highest BCUT2D eigenvalue weighted by molar-refractivity contribution is 6.08. The summed E-state index contributed by atoms with van der Waals surface area (Å²) < 4.78 is 40.3. The second kappa shape index (κ2) is 11.3. The molecule has 4 heterocycles. The van der Waals surface area contributed by atoms with Gasteiger partial charge in [-0.25, -0.2) is 9.59 Å². The molecule has 7 atom stereocenters. The molecule has 1 saturated heterocycles. The van der Waals surface area contributed by atoms with E-state index in [1.54, 1.807) is 0 Å². The largest absolute Gasteiger partial charge is 0.504 e. The quantitative estimate of drug-likeness (QED) is 0.0824. The molecule has 3 aromatic carbocycles. The first kappa shape index (κ1) is 34.7. The molecule has 4 aliphatic heterocycles. The second-order valence-electron chi connectivity index (χ2n) is 12.7. The van der Waals surface area contributed by atoms with Crippen LogP contribution in [-0.4, -0.2) is 130 Å². The van der Waals surface area contributed by atoms with E-state index in [9.17, 15) is 70.6 Å². The van der Waals surface area contributed by atoms with Gasteiger partial charge < -0.3 is 89.3 Å². The Bertz CT molecular complexity index is 2240. The van der Waals surface area contributed by atoms with Crippen molar-refractivity contribution < 1.29 is 104 Å². The number of cyclic esters (lactones) is 1. The number of phenols is 8. The number of ketones is 1. The van der Waals surface area contributed by atoms with E-state index in [0.29, 0.717) is 18.2 Å². The van der Waals surface area contributed by atoms with Crippen molar-refractivity contribution in [3.8, 4) is 68.6 Å². The van der Waals surface area contributed by atoms with Gasteiger partial charge in [0.2, 0.25) is 29.3 Å². The lowest BCUT2D eigenvalue weighted by atomic mass is 9.74. The summed E-state index contributed by atoms with van der Waals surface area (Å²) in [4.78, 5) is 41.0. The molecule has 2 unspecified atom stereocenters. The van der Waals surface area contributed by atoms with Gasteiger partial charge in [0.1, 0.15) is 36.2 Å². The van der Waals surface area contributed by atoms with E-state index in [-0.39, 0.29) is 0 Å². The highest BCUT2D eigenvalue weighted by atomic mass is 16.7. The zero-order chi connectivity index (χ0) is 38.9. The van der Waals surface area contributed by atoms with Gasteiger partial charge >= 0.3 is 17.7 Å². The van der Waals surface area contributed by atoms with Crippen molar-refractivity contribution in [3.63, 3.8) is 0 Å². The molecule has 284 valence electrons. The van der Waals surface area contributed by atoms with Gasteiger partial charge in [0.15, 0.2) is 46.7 Å². The first-order valence-corrected chi connectivity index (χ1v) is 15.6. The van der Waals surface area contributed by atoms with Crippen molar-refractivity contribution in [2.75, 3.05) is 13.7 Å². The van der Waals surface area contributed by atoms with Crippen LogP contribution in [0.25, 0.3) is 11.1 Å². The van der Waals surface area contributed by atoms with Crippen LogP contribution in [0.5, 0.6) is 57.5 Å². The fourth-order valence-electron chi connectivity index (χ4n) is 7.17. The molecule has 3 aromatic rings. The Hall–Kier alpha value is -6.39. The number of carbonyl (C=O) groups is 3. The van der Waals surface area contributed by atoms with Crippen LogP contribution >= 0.6 is 0 Å². The van der Waals surface area contributed by atoms with Gasteiger partial charge in [-0.15, -0.1) is 0 Å². The van der Waals surface area contributed by atoms with E-state index < -0.39 is 164 Å². The summed E-state index contributed by atoms with van der Waals surface area (Å²) >= 11 is 0. The molecule has 0 saturated carbocycles. The van der Waals surface area contributed by atoms with Crippen LogP contribution in [0.2, 0.25) is 0 Å². The summed E-state index contributed by atoms with van der Waals surface area (Å²) in [5.41, 5.74) is -3.99. The number of aromatic hydroxyl groups is 8. The standard InChI is InChI=1S/C33H26O21/c1-48-27-25-14-6-49-29(43)7-2-9(34)20(38)23(41)16(7)17-8(3-10(35)21(39)24(17)42)30(44)53-31(52-14)28(27)51-13-5-15(37)33(47)32(45,46)19(13)18-12(50-25)4-11(36)22(40)26(18)54-33/h2-5,14,19,25,27-28,31,34-36,38-42,45-47H,6H2,1H3/t14-,19?,25-,27+,28-,31+,33?/m1/s1. The molecule has 0 amide bonds. The first-order chi connectivity index (χ1) is 25.4. The van der Waals surface area contributed by atoms with E-state index in [1.807, 2.05) is 0 Å². The van der Waals surface area contributed by atoms with Gasteiger partial charge in [0.05, 0.1) is 16.7 Å². The molecule has 21 heteroatoms. The van der Waals surface area contributed by atoms with Gasteiger partial charge in [0, 0.05) is 30.4 Å². The number of aliphatic hydroxyl groups is 3. The van der Waals surface area contributed by atoms with Gasteiger partial charge in [-0.1, -0.05) is 0 Å². The third kappa shape index (κ3) is 4.46. The Balaban J connectivity index is 1.36. The Morgan fingerprint density at radius 3 is 1.93 bits per heavy atom. The fourth-order valence-corrected chi connectivity index (χ4v) is 7.17. The smallest absolute Gasteiger partial charge is 0.341 e. The van der Waals surface area contributed by atoms with E-state index in [0.717, 1.165) is 13.2 Å². The summed E-state index contributed by atoms with van der Waals surface area (Å²) in [7, 11) is 1.12. The minimum atomic E-state index is -3.58. The number of phenolic OH excluding ortho intramolecular Hbond substituents is 8. The molecule has 8 rings (SSSR count). The Morgan fingerprint density at radius 1 is 0.722 bits per heavy atom. The van der Waals surface area contributed by atoms with Gasteiger partial charge in [-0.05, 0) is 12.1 Å². The predicted molar refractivity (Wildman–Crippen MR) is 165 cm³/mol. The van der Waals surface area contributed by atoms with E-state index in [1.165, 1.54) is 0 Å². The molecule has 0 radical (unpaired) electrons. The number of benzene rings is 3. The lowest BCUT2D eigenvalue weighted by Crippen LogP contribution is -2.70. The van der Waals surface area contributed by atoms with Crippen molar-refractivity contribution >= 4 is 17.7 Å². The number of rotatable bonds is 1. The van der Waals surface area contributed by atoms with Crippen LogP contribution in [0.1, 0.15) is 32.2 Å². The van der Waals surface area contributed by atoms with Gasteiger partial charge in [-0.2, -0.15) is 0 Å². The van der Waals surface area contributed by atoms with Crippen LogP contribution in [-0.2, 0) is 28.5 Å². The number of hydrogen-bond acceptors (Lipinski definition) is 21. The highest BCUT2D eigenvalue weighted by Crippen LogP contribution is 2.61. The van der Waals surface area contributed by atoms with Crippen molar-refractivity contribution in [1.29, 1.82) is 0 Å². The SMILES string of the molecule is CO[C@@H]1[C@H]2OC3=CC(=O)C4(O)Oc5c(O)c(O)cc(c5C3C4(O)O)O[C@@H]1[C@H]1COC(=O)c3cc(O)c(O)c(O)c3-c3c(cc(O)c(O)c3O)C(=O)O[C@@H]2O1.